The summed E-state index contributed by atoms with van der Waals surface area (Å²) in [6.07, 6.45) is 1.80. The molecule has 0 aromatic heterocycles. The zero-order valence-corrected chi connectivity index (χ0v) is 17.7. The molecule has 2 aliphatic rings. The first-order chi connectivity index (χ1) is 13.5. The van der Waals surface area contributed by atoms with Crippen LogP contribution < -0.4 is 4.90 Å². The first-order valence-electron chi connectivity index (χ1n) is 9.25. The number of amides is 1. The zero-order chi connectivity index (χ0) is 19.7. The predicted octanol–water partition coefficient (Wildman–Crippen LogP) is 3.06. The lowest BCUT2D eigenvalue weighted by molar-refractivity contribution is 0.0730. The quantitative estimate of drug-likeness (QED) is 0.699. The number of anilines is 1. The third-order valence-corrected chi connectivity index (χ3v) is 7.48. The molecule has 0 aliphatic carbocycles. The van der Waals surface area contributed by atoms with Crippen LogP contribution in [0.25, 0.3) is 0 Å². The second-order valence-electron chi connectivity index (χ2n) is 6.88. The number of nitrogens with zero attached hydrogens (tertiary/aromatic N) is 2. The molecule has 1 saturated heterocycles. The van der Waals surface area contributed by atoms with Crippen molar-refractivity contribution in [3.05, 3.63) is 58.1 Å². The van der Waals surface area contributed by atoms with Crippen molar-refractivity contribution >= 4 is 37.5 Å². The van der Waals surface area contributed by atoms with Crippen LogP contribution in [0, 0.1) is 0 Å². The van der Waals surface area contributed by atoms with E-state index < -0.39 is 10.0 Å². The van der Waals surface area contributed by atoms with E-state index in [1.165, 1.54) is 10.4 Å². The molecule has 2 heterocycles. The first kappa shape index (κ1) is 19.6. The van der Waals surface area contributed by atoms with E-state index in [0.717, 1.165) is 28.6 Å². The lowest BCUT2D eigenvalue weighted by Gasteiger charge is -2.30. The number of sulfonamides is 1. The van der Waals surface area contributed by atoms with E-state index in [4.69, 9.17) is 4.74 Å². The number of fused-ring (bicyclic) bond motifs is 1. The molecule has 0 unspecified atom stereocenters. The van der Waals surface area contributed by atoms with E-state index in [0.29, 0.717) is 38.4 Å². The van der Waals surface area contributed by atoms with Gasteiger partial charge in [0.05, 0.1) is 18.1 Å². The van der Waals surface area contributed by atoms with Crippen LogP contribution >= 0.6 is 15.9 Å². The Morgan fingerprint density at radius 3 is 2.61 bits per heavy atom. The molecule has 0 saturated carbocycles. The average molecular weight is 465 g/mol. The van der Waals surface area contributed by atoms with Crippen molar-refractivity contribution in [1.82, 2.24) is 4.31 Å². The summed E-state index contributed by atoms with van der Waals surface area (Å²) >= 11 is 3.48. The maximum Gasteiger partial charge on any atom is 0.258 e. The average Bonchev–Trinajstić information content (AvgIpc) is 2.73. The van der Waals surface area contributed by atoms with Crippen LogP contribution in [0.1, 0.15) is 22.3 Å². The summed E-state index contributed by atoms with van der Waals surface area (Å²) in [5.41, 5.74) is 2.39. The van der Waals surface area contributed by atoms with Crippen molar-refractivity contribution in [2.24, 2.45) is 0 Å². The summed E-state index contributed by atoms with van der Waals surface area (Å²) in [4.78, 5) is 15.1. The minimum absolute atomic E-state index is 0.147. The van der Waals surface area contributed by atoms with Crippen molar-refractivity contribution in [2.45, 2.75) is 17.7 Å². The monoisotopic (exact) mass is 464 g/mol. The first-order valence-corrected chi connectivity index (χ1v) is 11.5. The molecule has 148 valence electrons. The van der Waals surface area contributed by atoms with Gasteiger partial charge in [0.15, 0.2) is 0 Å². The van der Waals surface area contributed by atoms with Crippen molar-refractivity contribution in [3.63, 3.8) is 0 Å². The van der Waals surface area contributed by atoms with Gasteiger partial charge in [0, 0.05) is 35.4 Å². The third kappa shape index (κ3) is 3.74. The number of carbonyl (C=O) groups is 1. The Hall–Kier alpha value is -1.74. The van der Waals surface area contributed by atoms with Crippen LogP contribution in [0.3, 0.4) is 0 Å². The number of morpholine rings is 1. The van der Waals surface area contributed by atoms with Gasteiger partial charge in [-0.05, 0) is 54.8 Å². The number of ether oxygens (including phenoxy) is 1. The summed E-state index contributed by atoms with van der Waals surface area (Å²) in [6, 6.07) is 12.2. The third-order valence-electron chi connectivity index (χ3n) is 5.09. The molecule has 1 fully saturated rings. The minimum atomic E-state index is -3.64. The molecule has 0 N–H and O–H groups in total. The van der Waals surface area contributed by atoms with Gasteiger partial charge in [-0.3, -0.25) is 4.79 Å². The molecule has 2 aromatic rings. The Morgan fingerprint density at radius 1 is 1.04 bits per heavy atom. The molecule has 1 amide bonds. The Morgan fingerprint density at radius 2 is 1.82 bits per heavy atom. The molecular formula is C20H21BrN2O4S. The molecule has 28 heavy (non-hydrogen) atoms. The Balaban J connectivity index is 1.64. The lowest BCUT2D eigenvalue weighted by atomic mass is 10.0. The maximum absolute atomic E-state index is 13.2. The SMILES string of the molecule is O=C(c1cccc(S(=O)(=O)N2CCOCC2)c1)N1CCCc2cc(Br)ccc21. The van der Waals surface area contributed by atoms with Gasteiger partial charge in [-0.15, -0.1) is 0 Å². The smallest absolute Gasteiger partial charge is 0.258 e. The molecule has 8 heteroatoms. The van der Waals surface area contributed by atoms with Crippen molar-refractivity contribution in [2.75, 3.05) is 37.7 Å². The zero-order valence-electron chi connectivity index (χ0n) is 15.3. The second kappa shape index (κ2) is 7.94. The fourth-order valence-electron chi connectivity index (χ4n) is 3.66. The fraction of sp³-hybridized carbons (Fsp3) is 0.350. The highest BCUT2D eigenvalue weighted by Crippen LogP contribution is 2.31. The maximum atomic E-state index is 13.2. The van der Waals surface area contributed by atoms with Gasteiger partial charge in [-0.1, -0.05) is 22.0 Å². The molecule has 0 atom stereocenters. The Kier molecular flexibility index (Phi) is 5.55. The van der Waals surface area contributed by atoms with Crippen LogP contribution in [0.5, 0.6) is 0 Å². The van der Waals surface area contributed by atoms with Gasteiger partial charge in [-0.25, -0.2) is 8.42 Å². The highest BCUT2D eigenvalue weighted by atomic mass is 79.9. The summed E-state index contributed by atoms with van der Waals surface area (Å²) in [7, 11) is -3.64. The number of rotatable bonds is 3. The molecular weight excluding hydrogens is 444 g/mol. The topological polar surface area (TPSA) is 66.9 Å². The van der Waals surface area contributed by atoms with E-state index in [1.54, 1.807) is 23.1 Å². The van der Waals surface area contributed by atoms with Gasteiger partial charge in [-0.2, -0.15) is 4.31 Å². The van der Waals surface area contributed by atoms with Crippen LogP contribution in [-0.4, -0.2) is 51.5 Å². The largest absolute Gasteiger partial charge is 0.379 e. The summed E-state index contributed by atoms with van der Waals surface area (Å²) < 4.78 is 33.5. The van der Waals surface area contributed by atoms with E-state index in [-0.39, 0.29) is 10.8 Å². The molecule has 2 aromatic carbocycles. The summed E-state index contributed by atoms with van der Waals surface area (Å²) in [5, 5.41) is 0. The standard InChI is InChI=1S/C20H21BrN2O4S/c21-17-6-7-19-15(13-17)4-2-8-23(19)20(24)16-3-1-5-18(14-16)28(25,26)22-9-11-27-12-10-22/h1,3,5-7,13-14H,2,4,8-12H2. The van der Waals surface area contributed by atoms with Crippen LogP contribution in [0.2, 0.25) is 0 Å². The van der Waals surface area contributed by atoms with Crippen LogP contribution in [0.15, 0.2) is 51.8 Å². The number of aryl methyl sites for hydroxylation is 1. The van der Waals surface area contributed by atoms with Gasteiger partial charge >= 0.3 is 0 Å². The fourth-order valence-corrected chi connectivity index (χ4v) is 5.52. The number of carbonyl (C=O) groups excluding carboxylic acids is 1. The summed E-state index contributed by atoms with van der Waals surface area (Å²) in [5.74, 6) is -0.178. The van der Waals surface area contributed by atoms with E-state index in [1.807, 2.05) is 18.2 Å². The van der Waals surface area contributed by atoms with Crippen molar-refractivity contribution in [1.29, 1.82) is 0 Å². The lowest BCUT2D eigenvalue weighted by Crippen LogP contribution is -2.40. The molecule has 0 bridgehead atoms. The van der Waals surface area contributed by atoms with Crippen molar-refractivity contribution in [3.8, 4) is 0 Å². The molecule has 0 spiro atoms. The normalized spacial score (nSPS) is 18.0. The molecule has 2 aliphatic heterocycles. The molecule has 0 radical (unpaired) electrons. The van der Waals surface area contributed by atoms with Gasteiger partial charge in [0.25, 0.3) is 5.91 Å². The number of hydrogen-bond donors (Lipinski definition) is 0. The Labute approximate surface area is 173 Å². The van der Waals surface area contributed by atoms with E-state index in [2.05, 4.69) is 15.9 Å². The van der Waals surface area contributed by atoms with Crippen molar-refractivity contribution < 1.29 is 17.9 Å². The highest BCUT2D eigenvalue weighted by molar-refractivity contribution is 9.10. The van der Waals surface area contributed by atoms with E-state index in [9.17, 15) is 13.2 Å². The van der Waals surface area contributed by atoms with Crippen LogP contribution in [0.4, 0.5) is 5.69 Å². The molecule has 4 rings (SSSR count). The number of benzene rings is 2. The minimum Gasteiger partial charge on any atom is -0.379 e. The van der Waals surface area contributed by atoms with Crippen LogP contribution in [-0.2, 0) is 21.2 Å². The van der Waals surface area contributed by atoms with Gasteiger partial charge in [0.1, 0.15) is 0 Å². The summed E-state index contributed by atoms with van der Waals surface area (Å²) in [6.45, 7) is 2.05. The Bertz CT molecular complexity index is 1000. The predicted molar refractivity (Wildman–Crippen MR) is 110 cm³/mol. The van der Waals surface area contributed by atoms with Gasteiger partial charge < -0.3 is 9.64 Å². The number of hydrogen-bond acceptors (Lipinski definition) is 4. The highest BCUT2D eigenvalue weighted by Gasteiger charge is 2.28. The van der Waals surface area contributed by atoms with E-state index >= 15 is 0 Å². The molecule has 6 nitrogen and oxygen atoms in total. The van der Waals surface area contributed by atoms with Gasteiger partial charge in [0.2, 0.25) is 10.0 Å². The number of halogens is 1. The second-order valence-corrected chi connectivity index (χ2v) is 9.73.